The van der Waals surface area contributed by atoms with E-state index in [2.05, 4.69) is 9.62 Å². The molecule has 1 aliphatic heterocycles. The first-order valence-electron chi connectivity index (χ1n) is 10.2. The second-order valence-electron chi connectivity index (χ2n) is 8.96. The Morgan fingerprint density at radius 2 is 1.81 bits per heavy atom. The summed E-state index contributed by atoms with van der Waals surface area (Å²) >= 11 is 11.0. The number of phenolic OH excluding ortho intramolecular Hbond substituents is 1. The van der Waals surface area contributed by atoms with Crippen LogP contribution in [0, 0.1) is 5.92 Å². The highest BCUT2D eigenvalue weighted by molar-refractivity contribution is 7.90. The summed E-state index contributed by atoms with van der Waals surface area (Å²) in [6.07, 6.45) is 3.37. The van der Waals surface area contributed by atoms with Gasteiger partial charge in [-0.15, -0.1) is 4.72 Å². The van der Waals surface area contributed by atoms with Crippen LogP contribution in [0.1, 0.15) is 45.2 Å². The second-order valence-corrected chi connectivity index (χ2v) is 11.8. The predicted molar refractivity (Wildman–Crippen MR) is 129 cm³/mol. The summed E-state index contributed by atoms with van der Waals surface area (Å²) in [5.74, 6) is 0.157. The number of piperidine rings is 1. The van der Waals surface area contributed by atoms with Crippen LogP contribution < -0.4 is 15.2 Å². The van der Waals surface area contributed by atoms with Crippen molar-refractivity contribution < 1.29 is 9.66 Å². The van der Waals surface area contributed by atoms with Gasteiger partial charge < -0.3 is 19.1 Å². The van der Waals surface area contributed by atoms with Gasteiger partial charge in [-0.3, -0.25) is 4.79 Å². The molecule has 2 N–H and O–H groups in total. The van der Waals surface area contributed by atoms with Crippen LogP contribution in [0.2, 0.25) is 10.0 Å². The lowest BCUT2D eigenvalue weighted by molar-refractivity contribution is 0.317. The van der Waals surface area contributed by atoms with Gasteiger partial charge >= 0.3 is 0 Å². The third-order valence-corrected chi connectivity index (χ3v) is 7.96. The first-order valence-corrected chi connectivity index (χ1v) is 12.2. The molecular formula is C22H29Cl2N3O3S. The van der Waals surface area contributed by atoms with Crippen molar-refractivity contribution in [2.24, 2.45) is 13.0 Å². The molecule has 31 heavy (non-hydrogen) atoms. The molecule has 2 heterocycles. The lowest BCUT2D eigenvalue weighted by atomic mass is 9.85. The number of benzene rings is 1. The van der Waals surface area contributed by atoms with Gasteiger partial charge in [0.25, 0.3) is 5.56 Å². The number of hydrogen-bond acceptors (Lipinski definition) is 5. The fraction of sp³-hybridized carbons (Fsp3) is 0.500. The molecule has 0 bridgehead atoms. The summed E-state index contributed by atoms with van der Waals surface area (Å²) in [7, 11) is 1.73. The van der Waals surface area contributed by atoms with Crippen molar-refractivity contribution in [3.05, 3.63) is 56.4 Å². The number of pyridine rings is 1. The summed E-state index contributed by atoms with van der Waals surface area (Å²) in [5.41, 5.74) is 1.46. The molecule has 6 nitrogen and oxygen atoms in total. The molecular weight excluding hydrogens is 457 g/mol. The minimum absolute atomic E-state index is 0.0341. The van der Waals surface area contributed by atoms with E-state index >= 15 is 0 Å². The van der Waals surface area contributed by atoms with Gasteiger partial charge in [0.15, 0.2) is 0 Å². The van der Waals surface area contributed by atoms with Crippen molar-refractivity contribution in [2.75, 3.05) is 18.0 Å². The van der Waals surface area contributed by atoms with Crippen LogP contribution in [0.5, 0.6) is 5.75 Å². The van der Waals surface area contributed by atoms with Gasteiger partial charge in [0.2, 0.25) is 0 Å². The number of anilines is 1. The van der Waals surface area contributed by atoms with E-state index in [-0.39, 0.29) is 28.3 Å². The first kappa shape index (κ1) is 24.3. The van der Waals surface area contributed by atoms with E-state index in [1.54, 1.807) is 29.9 Å². The average molecular weight is 486 g/mol. The van der Waals surface area contributed by atoms with Crippen molar-refractivity contribution in [3.63, 3.8) is 0 Å². The summed E-state index contributed by atoms with van der Waals surface area (Å²) in [4.78, 5) is 14.2. The number of nitrogens with one attached hydrogen (secondary N) is 1. The van der Waals surface area contributed by atoms with E-state index in [1.807, 2.05) is 26.8 Å². The largest absolute Gasteiger partial charge is 0.598 e. The van der Waals surface area contributed by atoms with Crippen LogP contribution in [0.15, 0.2) is 35.3 Å². The second kappa shape index (κ2) is 9.63. The molecule has 1 fully saturated rings. The molecule has 9 heteroatoms. The van der Waals surface area contributed by atoms with Gasteiger partial charge in [-0.1, -0.05) is 23.2 Å². The predicted octanol–water partition coefficient (Wildman–Crippen LogP) is 4.41. The maximum Gasteiger partial charge on any atom is 0.252 e. The number of aromatic nitrogens is 1. The van der Waals surface area contributed by atoms with Gasteiger partial charge in [-0.2, -0.15) is 0 Å². The highest BCUT2D eigenvalue weighted by Gasteiger charge is 2.36. The molecule has 2 aromatic rings. The van der Waals surface area contributed by atoms with Crippen molar-refractivity contribution in [3.8, 4) is 5.75 Å². The minimum atomic E-state index is -1.34. The molecule has 1 saturated heterocycles. The zero-order valence-corrected chi connectivity index (χ0v) is 20.5. The van der Waals surface area contributed by atoms with Crippen LogP contribution in [-0.2, 0) is 18.4 Å². The third-order valence-electron chi connectivity index (χ3n) is 5.66. The molecule has 170 valence electrons. The Morgan fingerprint density at radius 3 is 2.39 bits per heavy atom. The number of rotatable bonds is 5. The Hall–Kier alpha value is -1.38. The Labute approximate surface area is 196 Å². The van der Waals surface area contributed by atoms with E-state index < -0.39 is 16.1 Å². The monoisotopic (exact) mass is 485 g/mol. The maximum absolute atomic E-state index is 12.9. The van der Waals surface area contributed by atoms with Gasteiger partial charge in [0, 0.05) is 61.1 Å². The van der Waals surface area contributed by atoms with E-state index in [0.29, 0.717) is 10.6 Å². The van der Waals surface area contributed by atoms with Gasteiger partial charge in [-0.05, 0) is 51.7 Å². The van der Waals surface area contributed by atoms with Gasteiger partial charge in [0.05, 0.1) is 16.1 Å². The zero-order chi connectivity index (χ0) is 22.9. The first-order chi connectivity index (χ1) is 14.5. The Bertz CT molecular complexity index is 985. The van der Waals surface area contributed by atoms with E-state index in [9.17, 15) is 14.5 Å². The molecule has 0 saturated carbocycles. The van der Waals surface area contributed by atoms with Crippen LogP contribution in [0.25, 0.3) is 0 Å². The molecule has 1 aliphatic rings. The van der Waals surface area contributed by atoms with E-state index in [1.165, 1.54) is 6.07 Å². The van der Waals surface area contributed by atoms with Crippen LogP contribution in [0.3, 0.4) is 0 Å². The van der Waals surface area contributed by atoms with E-state index in [0.717, 1.165) is 31.6 Å². The molecule has 1 aromatic heterocycles. The van der Waals surface area contributed by atoms with Crippen molar-refractivity contribution in [2.45, 2.75) is 44.4 Å². The minimum Gasteiger partial charge on any atom is -0.598 e. The summed E-state index contributed by atoms with van der Waals surface area (Å²) in [6, 6.07) is 6.33. The van der Waals surface area contributed by atoms with Gasteiger partial charge in [-0.25, -0.2) is 0 Å². The molecule has 1 aromatic carbocycles. The fourth-order valence-corrected chi connectivity index (χ4v) is 4.97. The summed E-state index contributed by atoms with van der Waals surface area (Å²) < 4.78 is 17.2. The molecule has 3 rings (SSSR count). The van der Waals surface area contributed by atoms with Crippen LogP contribution in [0.4, 0.5) is 5.69 Å². The van der Waals surface area contributed by atoms with Crippen LogP contribution >= 0.6 is 23.2 Å². The number of nitrogens with zero attached hydrogens (tertiary/aromatic N) is 2. The van der Waals surface area contributed by atoms with E-state index in [4.69, 9.17) is 23.2 Å². The Balaban J connectivity index is 1.84. The fourth-order valence-electron chi connectivity index (χ4n) is 3.73. The Kier molecular flexibility index (Phi) is 7.54. The standard InChI is InChI=1S/C22H29Cl2N3O3S/c1-22(2,3)31(30)25-21(16-12-17(23)18(24)13-19(16)28)14-5-9-27(10-6-14)15-7-8-26(4)20(29)11-15/h7-8,11-14,21,25,28H,5-6,9-10H2,1-4H3. The number of phenols is 1. The lowest BCUT2D eigenvalue weighted by Gasteiger charge is -2.38. The smallest absolute Gasteiger partial charge is 0.252 e. The molecule has 0 radical (unpaired) electrons. The highest BCUT2D eigenvalue weighted by Crippen LogP contribution is 2.40. The number of aryl methyl sites for hydroxylation is 1. The normalized spacial score (nSPS) is 17.6. The number of halogens is 2. The van der Waals surface area contributed by atoms with Crippen LogP contribution in [-0.4, -0.2) is 32.1 Å². The van der Waals surface area contributed by atoms with Crippen molar-refractivity contribution in [1.29, 1.82) is 0 Å². The third kappa shape index (κ3) is 5.71. The topological polar surface area (TPSA) is 80.6 Å². The SMILES string of the molecule is Cn1ccc(N2CCC(C(N[S+]([O-])C(C)(C)C)c3cc(Cl)c(Cl)cc3O)CC2)cc1=O. The molecule has 0 aliphatic carbocycles. The number of hydrogen-bond donors (Lipinski definition) is 2. The molecule has 2 unspecified atom stereocenters. The van der Waals surface area contributed by atoms with Crippen molar-refractivity contribution in [1.82, 2.24) is 9.29 Å². The molecule has 0 amide bonds. The summed E-state index contributed by atoms with van der Waals surface area (Å²) in [6.45, 7) is 7.21. The molecule has 0 spiro atoms. The average Bonchev–Trinajstić information content (AvgIpc) is 2.70. The van der Waals surface area contributed by atoms with Crippen molar-refractivity contribution >= 4 is 40.3 Å². The summed E-state index contributed by atoms with van der Waals surface area (Å²) in [5, 5.41) is 11.2. The zero-order valence-electron chi connectivity index (χ0n) is 18.2. The maximum atomic E-state index is 12.9. The Morgan fingerprint density at radius 1 is 1.19 bits per heavy atom. The lowest BCUT2D eigenvalue weighted by Crippen LogP contribution is -2.45. The van der Waals surface area contributed by atoms with Gasteiger partial charge in [0.1, 0.15) is 10.5 Å². The number of aromatic hydroxyl groups is 1. The molecule has 2 atom stereocenters. The highest BCUT2D eigenvalue weighted by atomic mass is 35.5. The quantitative estimate of drug-likeness (QED) is 0.613.